The summed E-state index contributed by atoms with van der Waals surface area (Å²) in [5, 5.41) is 66.1. The molecule has 6 heteroatoms. The van der Waals surface area contributed by atoms with E-state index in [0.29, 0.717) is 18.8 Å². The summed E-state index contributed by atoms with van der Waals surface area (Å²) in [6, 6.07) is 0. The van der Waals surface area contributed by atoms with E-state index in [1.165, 1.54) is 0 Å². The lowest BCUT2D eigenvalue weighted by Gasteiger charge is -2.65. The Bertz CT molecular complexity index is 732. The van der Waals surface area contributed by atoms with Crippen LogP contribution in [0.5, 0.6) is 0 Å². The van der Waals surface area contributed by atoms with Crippen molar-refractivity contribution >= 4 is 0 Å². The van der Waals surface area contributed by atoms with Crippen molar-refractivity contribution in [2.24, 2.45) is 52.3 Å². The number of hydrogen-bond acceptors (Lipinski definition) is 6. The van der Waals surface area contributed by atoms with Crippen molar-refractivity contribution in [3.63, 3.8) is 0 Å². The van der Waals surface area contributed by atoms with Crippen LogP contribution in [0.3, 0.4) is 0 Å². The van der Waals surface area contributed by atoms with E-state index in [2.05, 4.69) is 34.6 Å². The molecule has 4 aliphatic carbocycles. The molecule has 2 unspecified atom stereocenters. The van der Waals surface area contributed by atoms with Crippen molar-refractivity contribution in [3.05, 3.63) is 0 Å². The summed E-state index contributed by atoms with van der Waals surface area (Å²) in [5.74, 6) is 0.0945. The van der Waals surface area contributed by atoms with E-state index >= 15 is 0 Å². The van der Waals surface area contributed by atoms with Crippen LogP contribution in [0.25, 0.3) is 0 Å². The van der Waals surface area contributed by atoms with Crippen LogP contribution >= 0.6 is 0 Å². The Kier molecular flexibility index (Phi) is 7.30. The van der Waals surface area contributed by atoms with E-state index in [1.54, 1.807) is 0 Å². The molecule has 198 valence electrons. The van der Waals surface area contributed by atoms with Gasteiger partial charge in [0.05, 0.1) is 30.0 Å². The molecule has 14 atom stereocenters. The molecule has 0 saturated heterocycles. The average molecular weight is 483 g/mol. The van der Waals surface area contributed by atoms with Gasteiger partial charge in [0.15, 0.2) is 0 Å². The lowest BCUT2D eigenvalue weighted by Crippen LogP contribution is -2.68. The molecule has 4 saturated carbocycles. The maximum Gasteiger partial charge on any atom is 0.0863 e. The van der Waals surface area contributed by atoms with Crippen molar-refractivity contribution < 1.29 is 30.6 Å². The highest BCUT2D eigenvalue weighted by atomic mass is 16.3. The molecule has 4 rings (SSSR count). The van der Waals surface area contributed by atoms with Gasteiger partial charge in [-0.05, 0) is 78.4 Å². The predicted octanol–water partition coefficient (Wildman–Crippen LogP) is 2.71. The number of hydrogen-bond donors (Lipinski definition) is 6. The SMILES string of the molecule is CC(CO)C(C)CC[C@@H](C)[C@H]1[C@@H](O)[C@H](O)[C@@H]2[C@]1(C)CC[C@@H]1[C@@]3(C)CC[C@H](O)C[C@@H]3[C@@H](O)C[C@]12O. The minimum absolute atomic E-state index is 0.0425. The molecule has 0 heterocycles. The Balaban J connectivity index is 1.61. The lowest BCUT2D eigenvalue weighted by molar-refractivity contribution is -0.264. The van der Waals surface area contributed by atoms with Gasteiger partial charge in [0, 0.05) is 18.9 Å². The second kappa shape index (κ2) is 9.25. The van der Waals surface area contributed by atoms with E-state index in [0.717, 1.165) is 32.1 Å². The molecule has 0 aromatic carbocycles. The van der Waals surface area contributed by atoms with Gasteiger partial charge in [-0.3, -0.25) is 0 Å². The summed E-state index contributed by atoms with van der Waals surface area (Å²) in [6.45, 7) is 10.9. The fourth-order valence-corrected chi connectivity index (χ4v) is 9.68. The first-order chi connectivity index (χ1) is 15.8. The van der Waals surface area contributed by atoms with Crippen LogP contribution in [0.4, 0.5) is 0 Å². The highest BCUT2D eigenvalue weighted by Crippen LogP contribution is 2.69. The van der Waals surface area contributed by atoms with Gasteiger partial charge >= 0.3 is 0 Å². The minimum atomic E-state index is -1.23. The van der Waals surface area contributed by atoms with Crippen molar-refractivity contribution in [2.75, 3.05) is 6.61 Å². The van der Waals surface area contributed by atoms with Crippen LogP contribution in [0, 0.1) is 52.3 Å². The van der Waals surface area contributed by atoms with Gasteiger partial charge in [-0.25, -0.2) is 0 Å². The highest BCUT2D eigenvalue weighted by Gasteiger charge is 2.72. The second-order valence-corrected chi connectivity index (χ2v) is 13.6. The van der Waals surface area contributed by atoms with Crippen LogP contribution in [0.1, 0.15) is 86.0 Å². The first-order valence-corrected chi connectivity index (χ1v) is 13.9. The van der Waals surface area contributed by atoms with Gasteiger partial charge in [0.25, 0.3) is 0 Å². The third-order valence-electron chi connectivity index (χ3n) is 11.8. The molecule has 0 aliphatic heterocycles. The zero-order chi connectivity index (χ0) is 25.2. The number of fused-ring (bicyclic) bond motifs is 5. The Hall–Kier alpha value is -0.240. The van der Waals surface area contributed by atoms with Crippen molar-refractivity contribution in [1.82, 2.24) is 0 Å². The maximum absolute atomic E-state index is 12.4. The largest absolute Gasteiger partial charge is 0.396 e. The smallest absolute Gasteiger partial charge is 0.0863 e. The number of rotatable bonds is 6. The van der Waals surface area contributed by atoms with Gasteiger partial charge in [-0.1, -0.05) is 47.5 Å². The fraction of sp³-hybridized carbons (Fsp3) is 1.00. The quantitative estimate of drug-likeness (QED) is 0.346. The Labute approximate surface area is 205 Å². The molecular weight excluding hydrogens is 432 g/mol. The summed E-state index contributed by atoms with van der Waals surface area (Å²) in [4.78, 5) is 0. The van der Waals surface area contributed by atoms with E-state index in [1.807, 2.05) is 0 Å². The van der Waals surface area contributed by atoms with Gasteiger partial charge in [0.1, 0.15) is 0 Å². The van der Waals surface area contributed by atoms with Crippen LogP contribution in [0.2, 0.25) is 0 Å². The summed E-state index contributed by atoms with van der Waals surface area (Å²) in [5.41, 5.74) is -1.92. The third kappa shape index (κ3) is 3.90. The van der Waals surface area contributed by atoms with Crippen LogP contribution in [-0.4, -0.2) is 67.3 Å². The van der Waals surface area contributed by atoms with Crippen LogP contribution < -0.4 is 0 Å². The minimum Gasteiger partial charge on any atom is -0.396 e. The monoisotopic (exact) mass is 482 g/mol. The molecule has 6 N–H and O–H groups in total. The standard InChI is InChI=1S/C28H50O6/c1-15(17(3)14-29)6-7-16(2)22-23(32)24(33)25-27(22,5)11-9-21-26(4)10-8-18(30)12-19(26)20(31)13-28(21,25)34/h15-25,29-34H,6-14H2,1-5H3/t15?,16-,17?,18+,19-,20+,21-,22+,23-,24+,25-,26+,27-,28+/m1/s1. The van der Waals surface area contributed by atoms with E-state index in [4.69, 9.17) is 0 Å². The third-order valence-corrected chi connectivity index (χ3v) is 11.8. The second-order valence-electron chi connectivity index (χ2n) is 13.6. The van der Waals surface area contributed by atoms with Gasteiger partial charge in [0.2, 0.25) is 0 Å². The highest BCUT2D eigenvalue weighted by molar-refractivity contribution is 5.21. The lowest BCUT2D eigenvalue weighted by atomic mass is 9.42. The summed E-state index contributed by atoms with van der Waals surface area (Å²) < 4.78 is 0. The first kappa shape index (κ1) is 26.8. The molecule has 34 heavy (non-hydrogen) atoms. The summed E-state index contributed by atoms with van der Waals surface area (Å²) in [6.07, 6.45) is 2.74. The molecular formula is C28H50O6. The van der Waals surface area contributed by atoms with Crippen LogP contribution in [0.15, 0.2) is 0 Å². The van der Waals surface area contributed by atoms with Gasteiger partial charge < -0.3 is 30.6 Å². The molecule has 0 bridgehead atoms. The normalized spacial score (nSPS) is 53.4. The Morgan fingerprint density at radius 3 is 2.15 bits per heavy atom. The molecule has 0 aromatic rings. The zero-order valence-corrected chi connectivity index (χ0v) is 21.9. The fourth-order valence-electron chi connectivity index (χ4n) is 9.68. The molecule has 0 aromatic heterocycles. The zero-order valence-electron chi connectivity index (χ0n) is 21.9. The molecule has 4 fully saturated rings. The van der Waals surface area contributed by atoms with Crippen LogP contribution in [-0.2, 0) is 0 Å². The van der Waals surface area contributed by atoms with Crippen molar-refractivity contribution in [3.8, 4) is 0 Å². The van der Waals surface area contributed by atoms with E-state index in [-0.39, 0.29) is 48.0 Å². The number of aliphatic hydroxyl groups excluding tert-OH is 5. The van der Waals surface area contributed by atoms with Gasteiger partial charge in [-0.15, -0.1) is 0 Å². The first-order valence-electron chi connectivity index (χ1n) is 13.9. The van der Waals surface area contributed by atoms with E-state index < -0.39 is 41.3 Å². The maximum atomic E-state index is 12.4. The summed E-state index contributed by atoms with van der Waals surface area (Å²) in [7, 11) is 0. The van der Waals surface area contributed by atoms with Gasteiger partial charge in [-0.2, -0.15) is 0 Å². The summed E-state index contributed by atoms with van der Waals surface area (Å²) >= 11 is 0. The Morgan fingerprint density at radius 2 is 1.50 bits per heavy atom. The molecule has 0 spiro atoms. The molecule has 0 radical (unpaired) electrons. The average Bonchev–Trinajstić information content (AvgIpc) is 2.98. The molecule has 4 aliphatic rings. The predicted molar refractivity (Wildman–Crippen MR) is 131 cm³/mol. The topological polar surface area (TPSA) is 121 Å². The Morgan fingerprint density at radius 1 is 0.853 bits per heavy atom. The van der Waals surface area contributed by atoms with E-state index in [9.17, 15) is 30.6 Å². The molecule has 0 amide bonds. The molecule has 6 nitrogen and oxygen atoms in total. The van der Waals surface area contributed by atoms with Crippen molar-refractivity contribution in [1.29, 1.82) is 0 Å². The van der Waals surface area contributed by atoms with Crippen molar-refractivity contribution in [2.45, 2.75) is 116 Å². The number of aliphatic hydroxyl groups is 6.